The number of aromatic amines is 1. The van der Waals surface area contributed by atoms with Crippen LogP contribution in [0.2, 0.25) is 0 Å². The molecule has 374 valence electrons. The van der Waals surface area contributed by atoms with Crippen molar-refractivity contribution in [3.63, 3.8) is 0 Å². The van der Waals surface area contributed by atoms with E-state index < -0.39 is 17.4 Å². The van der Waals surface area contributed by atoms with E-state index in [0.717, 1.165) is 18.5 Å². The molecule has 0 aliphatic heterocycles. The summed E-state index contributed by atoms with van der Waals surface area (Å²) < 4.78 is 21.7. The summed E-state index contributed by atoms with van der Waals surface area (Å²) >= 11 is 0. The van der Waals surface area contributed by atoms with Gasteiger partial charge in [0.2, 0.25) is 11.8 Å². The van der Waals surface area contributed by atoms with Crippen LogP contribution in [0.15, 0.2) is 12.5 Å². The van der Waals surface area contributed by atoms with Gasteiger partial charge in [0.05, 0.1) is 45.4 Å². The molecule has 0 aliphatic carbocycles. The van der Waals surface area contributed by atoms with Crippen molar-refractivity contribution in [3.8, 4) is 0 Å². The van der Waals surface area contributed by atoms with Crippen LogP contribution in [-0.4, -0.2) is 117 Å². The smallest absolute Gasteiger partial charge is 0.246 e. The van der Waals surface area contributed by atoms with Crippen molar-refractivity contribution in [1.29, 1.82) is 0 Å². The molecule has 15 heteroatoms. The molecule has 1 aromatic heterocycles. The van der Waals surface area contributed by atoms with E-state index in [0.29, 0.717) is 83.6 Å². The largest absolute Gasteiger partial charge is 0.379 e. The molecule has 1 aromatic rings. The normalized spacial score (nSPS) is 12.5. The third kappa shape index (κ3) is 34.6. The van der Waals surface area contributed by atoms with E-state index >= 15 is 0 Å². The monoisotopic (exact) mass is 920 g/mol. The van der Waals surface area contributed by atoms with Crippen molar-refractivity contribution < 1.29 is 47.7 Å². The van der Waals surface area contributed by atoms with Gasteiger partial charge in [0.15, 0.2) is 5.78 Å². The Hall–Kier alpha value is -3.37. The Morgan fingerprint density at radius 2 is 1.18 bits per heavy atom. The Morgan fingerprint density at radius 3 is 1.74 bits per heavy atom. The molecule has 15 nitrogen and oxygen atoms in total. The highest BCUT2D eigenvalue weighted by molar-refractivity contribution is 5.94. The molecule has 2 atom stereocenters. The molecule has 0 radical (unpaired) electrons. The van der Waals surface area contributed by atoms with Crippen LogP contribution in [0.4, 0.5) is 0 Å². The molecular weight excluding hydrogens is 831 g/mol. The third-order valence-corrected chi connectivity index (χ3v) is 11.7. The van der Waals surface area contributed by atoms with Gasteiger partial charge in [0.1, 0.15) is 30.6 Å². The highest BCUT2D eigenvalue weighted by Crippen LogP contribution is 2.28. The Kier molecular flexibility index (Phi) is 36.5. The second kappa shape index (κ2) is 39.8. The van der Waals surface area contributed by atoms with Crippen molar-refractivity contribution in [3.05, 3.63) is 18.2 Å². The van der Waals surface area contributed by atoms with Gasteiger partial charge in [-0.1, -0.05) is 117 Å². The number of hydrogen-bond donors (Lipinski definition) is 4. The number of nitrogens with two attached hydrogens (primary N) is 1. The first-order chi connectivity index (χ1) is 31.4. The summed E-state index contributed by atoms with van der Waals surface area (Å²) in [6.07, 6.45) is 26.9. The fourth-order valence-electron chi connectivity index (χ4n) is 7.43. The highest BCUT2D eigenvalue weighted by atomic mass is 16.5. The third-order valence-electron chi connectivity index (χ3n) is 11.7. The zero-order chi connectivity index (χ0) is 47.8. The Bertz CT molecular complexity index is 1410. The lowest BCUT2D eigenvalue weighted by molar-refractivity contribution is -0.135. The number of unbranched alkanes of at least 4 members (excludes halogenated alkanes) is 15. The number of amides is 2. The van der Waals surface area contributed by atoms with E-state index in [1.807, 2.05) is 0 Å². The molecule has 1 rings (SSSR count). The minimum absolute atomic E-state index is 0.00971. The highest BCUT2D eigenvalue weighted by Gasteiger charge is 2.34. The molecule has 0 bridgehead atoms. The van der Waals surface area contributed by atoms with Gasteiger partial charge in [-0.25, -0.2) is 4.98 Å². The second-order valence-electron chi connectivity index (χ2n) is 18.2. The van der Waals surface area contributed by atoms with E-state index in [1.165, 1.54) is 96.7 Å². The Labute approximate surface area is 391 Å². The minimum atomic E-state index is -0.950. The number of carbonyl (C=O) groups excluding carboxylic acids is 6. The first-order valence-electron chi connectivity index (χ1n) is 25.0. The first kappa shape index (κ1) is 59.6. The summed E-state index contributed by atoms with van der Waals surface area (Å²) in [6.45, 7) is 9.59. The Balaban J connectivity index is 1.92. The van der Waals surface area contributed by atoms with E-state index in [9.17, 15) is 28.8 Å². The van der Waals surface area contributed by atoms with Crippen molar-refractivity contribution in [2.45, 2.75) is 188 Å². The number of ketones is 4. The summed E-state index contributed by atoms with van der Waals surface area (Å²) in [4.78, 5) is 81.4. The molecule has 0 aromatic carbocycles. The number of imidazole rings is 1. The van der Waals surface area contributed by atoms with Crippen molar-refractivity contribution in [2.24, 2.45) is 17.1 Å². The van der Waals surface area contributed by atoms with E-state index in [2.05, 4.69) is 27.5 Å². The van der Waals surface area contributed by atoms with Gasteiger partial charge in [-0.15, -0.1) is 0 Å². The average molecular weight is 920 g/mol. The number of aromatic nitrogens is 2. The number of H-pyrrole nitrogens is 1. The molecule has 0 saturated carbocycles. The predicted molar refractivity (Wildman–Crippen MR) is 254 cm³/mol. The van der Waals surface area contributed by atoms with Gasteiger partial charge in [0.25, 0.3) is 0 Å². The summed E-state index contributed by atoms with van der Waals surface area (Å²) in [5, 5.41) is 5.50. The number of carbonyl (C=O) groups is 6. The predicted octanol–water partition coefficient (Wildman–Crippen LogP) is 7.51. The van der Waals surface area contributed by atoms with Gasteiger partial charge in [-0.05, 0) is 32.6 Å². The first-order valence-corrected chi connectivity index (χ1v) is 25.0. The van der Waals surface area contributed by atoms with E-state index in [-0.39, 0.29) is 75.0 Å². The number of rotatable bonds is 47. The van der Waals surface area contributed by atoms with Crippen molar-refractivity contribution in [1.82, 2.24) is 20.6 Å². The minimum Gasteiger partial charge on any atom is -0.379 e. The fourth-order valence-corrected chi connectivity index (χ4v) is 7.43. The maximum Gasteiger partial charge on any atom is 0.246 e. The van der Waals surface area contributed by atoms with Crippen LogP contribution in [0.25, 0.3) is 0 Å². The summed E-state index contributed by atoms with van der Waals surface area (Å²) in [6, 6.07) is -0.754. The standard InChI is InChI=1S/C50H89N5O10/c1-5-6-7-8-9-10-11-12-13-14-15-16-17-18-19-24-44(57)25-22-28-62-30-32-64-39-49(61)54-27-29-63-31-33-65-38-48(60)53-26-21-20-23-42(41(2)56)34-47(59)50(3,4)36-46(58)45(51)35-43-37-52-40-55-43/h37,40,42,45H,5-36,38-39,51H2,1-4H3,(H,52,55)(H,53,60)(H,54,61)/t42-,45+/m1/s1. The van der Waals surface area contributed by atoms with Gasteiger partial charge in [0, 0.05) is 75.0 Å². The molecule has 0 aliphatic rings. The van der Waals surface area contributed by atoms with Crippen LogP contribution >= 0.6 is 0 Å². The number of hydrogen-bond acceptors (Lipinski definition) is 12. The molecule has 0 saturated heterocycles. The average Bonchev–Trinajstić information content (AvgIpc) is 3.79. The van der Waals surface area contributed by atoms with Crippen LogP contribution in [-0.2, 0) is 54.1 Å². The summed E-state index contributed by atoms with van der Waals surface area (Å²) in [7, 11) is 0. The summed E-state index contributed by atoms with van der Waals surface area (Å²) in [5.74, 6) is -1.13. The van der Waals surface area contributed by atoms with Crippen LogP contribution < -0.4 is 16.4 Å². The quantitative estimate of drug-likeness (QED) is 0.0467. The van der Waals surface area contributed by atoms with Crippen LogP contribution in [0.5, 0.6) is 0 Å². The lowest BCUT2D eigenvalue weighted by Gasteiger charge is -2.26. The molecule has 5 N–H and O–H groups in total. The van der Waals surface area contributed by atoms with Gasteiger partial charge in [-0.2, -0.15) is 0 Å². The van der Waals surface area contributed by atoms with Crippen LogP contribution in [0.1, 0.15) is 181 Å². The topological polar surface area (TPSA) is 218 Å². The molecular formula is C50H89N5O10. The van der Waals surface area contributed by atoms with Gasteiger partial charge in [-0.3, -0.25) is 28.8 Å². The van der Waals surface area contributed by atoms with Crippen molar-refractivity contribution >= 4 is 34.9 Å². The second-order valence-corrected chi connectivity index (χ2v) is 18.2. The number of ether oxygens (including phenoxy) is 4. The number of nitrogens with one attached hydrogen (secondary N) is 3. The fraction of sp³-hybridized carbons (Fsp3) is 0.820. The summed E-state index contributed by atoms with van der Waals surface area (Å²) in [5.41, 5.74) is 5.87. The maximum absolute atomic E-state index is 13.1. The Morgan fingerprint density at radius 1 is 0.662 bits per heavy atom. The molecule has 1 heterocycles. The molecule has 65 heavy (non-hydrogen) atoms. The molecule has 0 unspecified atom stereocenters. The van der Waals surface area contributed by atoms with Gasteiger partial charge >= 0.3 is 0 Å². The lowest BCUT2D eigenvalue weighted by Crippen LogP contribution is -2.38. The molecule has 0 fully saturated rings. The zero-order valence-corrected chi connectivity index (χ0v) is 41.0. The SMILES string of the molecule is CCCCCCCCCCCCCCCCCC(=O)CCCOCCOCC(=O)NCCOCCOCC(=O)NCCCC[C@H](CC(=O)C(C)(C)CC(=O)[C@@H](N)Cc1cnc[nH]1)C(C)=O. The zero-order valence-electron chi connectivity index (χ0n) is 41.0. The molecule has 0 spiro atoms. The maximum atomic E-state index is 13.1. The number of nitrogens with zero attached hydrogens (tertiary/aromatic N) is 1. The van der Waals surface area contributed by atoms with Gasteiger partial charge < -0.3 is 40.3 Å². The van der Waals surface area contributed by atoms with E-state index in [4.69, 9.17) is 24.7 Å². The lowest BCUT2D eigenvalue weighted by atomic mass is 9.77. The molecule has 2 amide bonds. The van der Waals surface area contributed by atoms with Crippen molar-refractivity contribution in [2.75, 3.05) is 65.9 Å². The van der Waals surface area contributed by atoms with Crippen LogP contribution in [0.3, 0.4) is 0 Å². The van der Waals surface area contributed by atoms with Crippen LogP contribution in [0, 0.1) is 11.3 Å². The number of Topliss-reactive ketones (excluding diaryl/α,β-unsaturated/α-hetero) is 4. The van der Waals surface area contributed by atoms with E-state index in [1.54, 1.807) is 20.0 Å².